The van der Waals surface area contributed by atoms with Gasteiger partial charge in [0.15, 0.2) is 0 Å². The second-order valence-corrected chi connectivity index (χ2v) is 3.29. The van der Waals surface area contributed by atoms with E-state index in [2.05, 4.69) is 4.98 Å². The van der Waals surface area contributed by atoms with Gasteiger partial charge >= 0.3 is 0 Å². The van der Waals surface area contributed by atoms with Crippen molar-refractivity contribution in [1.29, 1.82) is 0 Å². The minimum Gasteiger partial charge on any atom is -0.387 e. The van der Waals surface area contributed by atoms with Crippen LogP contribution in [0.2, 0.25) is 10.0 Å². The van der Waals surface area contributed by atoms with Crippen molar-refractivity contribution in [2.45, 2.75) is 19.4 Å². The lowest BCUT2D eigenvalue weighted by Crippen LogP contribution is -1.99. The van der Waals surface area contributed by atoms with Crippen molar-refractivity contribution in [3.05, 3.63) is 28.0 Å². The van der Waals surface area contributed by atoms with Gasteiger partial charge in [-0.25, -0.2) is 0 Å². The van der Waals surface area contributed by atoms with Crippen LogP contribution in [0.1, 0.15) is 25.1 Å². The summed E-state index contributed by atoms with van der Waals surface area (Å²) in [6.07, 6.45) is 1.46. The maximum Gasteiger partial charge on any atom is 0.0972 e. The lowest BCUT2D eigenvalue weighted by molar-refractivity contribution is 0.169. The molecule has 0 unspecified atom stereocenters. The molecule has 12 heavy (non-hydrogen) atoms. The van der Waals surface area contributed by atoms with Crippen molar-refractivity contribution in [3.8, 4) is 0 Å². The Hall–Kier alpha value is -0.310. The molecule has 66 valence electrons. The third kappa shape index (κ3) is 2.09. The zero-order chi connectivity index (χ0) is 9.14. The van der Waals surface area contributed by atoms with E-state index in [1.54, 1.807) is 6.07 Å². The number of aliphatic hydroxyl groups is 1. The molecule has 0 saturated carbocycles. The molecule has 0 radical (unpaired) electrons. The third-order valence-electron chi connectivity index (χ3n) is 1.54. The SMILES string of the molecule is CC[C@@H](O)c1ncc(Cl)cc1Cl. The number of aliphatic hydroxyl groups excluding tert-OH is 1. The van der Waals surface area contributed by atoms with E-state index >= 15 is 0 Å². The molecule has 1 rings (SSSR count). The fourth-order valence-corrected chi connectivity index (χ4v) is 1.37. The Morgan fingerprint density at radius 2 is 2.25 bits per heavy atom. The zero-order valence-electron chi connectivity index (χ0n) is 6.59. The summed E-state index contributed by atoms with van der Waals surface area (Å²) in [6.45, 7) is 1.86. The van der Waals surface area contributed by atoms with Crippen LogP contribution in [-0.4, -0.2) is 10.1 Å². The molecule has 0 aromatic carbocycles. The van der Waals surface area contributed by atoms with E-state index in [9.17, 15) is 5.11 Å². The van der Waals surface area contributed by atoms with Gasteiger partial charge in [-0.2, -0.15) is 0 Å². The molecule has 0 bridgehead atoms. The van der Waals surface area contributed by atoms with Crippen LogP contribution in [0.15, 0.2) is 12.3 Å². The molecule has 1 N–H and O–H groups in total. The van der Waals surface area contributed by atoms with E-state index in [4.69, 9.17) is 23.2 Å². The minimum atomic E-state index is -0.602. The highest BCUT2D eigenvalue weighted by Gasteiger charge is 2.10. The molecule has 1 aromatic heterocycles. The van der Waals surface area contributed by atoms with Crippen LogP contribution >= 0.6 is 23.2 Å². The number of aromatic nitrogens is 1. The highest BCUT2D eigenvalue weighted by Crippen LogP contribution is 2.24. The van der Waals surface area contributed by atoms with Crippen LogP contribution < -0.4 is 0 Å². The second-order valence-electron chi connectivity index (χ2n) is 2.44. The van der Waals surface area contributed by atoms with Crippen LogP contribution in [0.4, 0.5) is 0 Å². The van der Waals surface area contributed by atoms with Crippen LogP contribution in [0.25, 0.3) is 0 Å². The van der Waals surface area contributed by atoms with E-state index in [1.165, 1.54) is 6.20 Å². The summed E-state index contributed by atoms with van der Waals surface area (Å²) in [7, 11) is 0. The summed E-state index contributed by atoms with van der Waals surface area (Å²) in [5.74, 6) is 0. The van der Waals surface area contributed by atoms with Gasteiger partial charge < -0.3 is 5.11 Å². The zero-order valence-corrected chi connectivity index (χ0v) is 8.10. The quantitative estimate of drug-likeness (QED) is 0.806. The van der Waals surface area contributed by atoms with Gasteiger partial charge in [-0.15, -0.1) is 0 Å². The summed E-state index contributed by atoms with van der Waals surface area (Å²) >= 11 is 11.4. The predicted octanol–water partition coefficient (Wildman–Crippen LogP) is 2.83. The van der Waals surface area contributed by atoms with Gasteiger partial charge in [0.1, 0.15) is 0 Å². The molecule has 0 spiro atoms. The van der Waals surface area contributed by atoms with Crippen LogP contribution in [0.5, 0.6) is 0 Å². The molecule has 0 amide bonds. The highest BCUT2D eigenvalue weighted by atomic mass is 35.5. The van der Waals surface area contributed by atoms with Crippen molar-refractivity contribution in [2.75, 3.05) is 0 Å². The third-order valence-corrected chi connectivity index (χ3v) is 2.05. The molecule has 2 nitrogen and oxygen atoms in total. The van der Waals surface area contributed by atoms with Crippen LogP contribution in [-0.2, 0) is 0 Å². The van der Waals surface area contributed by atoms with Gasteiger partial charge in [0.2, 0.25) is 0 Å². The first-order valence-corrected chi connectivity index (χ1v) is 4.39. The fourth-order valence-electron chi connectivity index (χ4n) is 0.864. The Morgan fingerprint density at radius 1 is 1.58 bits per heavy atom. The van der Waals surface area contributed by atoms with E-state index in [0.29, 0.717) is 22.2 Å². The number of hydrogen-bond donors (Lipinski definition) is 1. The van der Waals surface area contributed by atoms with Gasteiger partial charge in [-0.1, -0.05) is 30.1 Å². The van der Waals surface area contributed by atoms with E-state index < -0.39 is 6.10 Å². The number of hydrogen-bond acceptors (Lipinski definition) is 2. The smallest absolute Gasteiger partial charge is 0.0972 e. The number of halogens is 2. The lowest BCUT2D eigenvalue weighted by Gasteiger charge is -2.08. The second kappa shape index (κ2) is 4.08. The van der Waals surface area contributed by atoms with Gasteiger partial charge in [0.05, 0.1) is 21.8 Å². The Morgan fingerprint density at radius 3 is 2.75 bits per heavy atom. The molecular weight excluding hydrogens is 197 g/mol. The van der Waals surface area contributed by atoms with Gasteiger partial charge in [0.25, 0.3) is 0 Å². The summed E-state index contributed by atoms with van der Waals surface area (Å²) in [6, 6.07) is 1.57. The van der Waals surface area contributed by atoms with E-state index in [0.717, 1.165) is 0 Å². The maximum absolute atomic E-state index is 9.41. The average Bonchev–Trinajstić information content (AvgIpc) is 2.03. The summed E-state index contributed by atoms with van der Waals surface area (Å²) in [5.41, 5.74) is 0.489. The summed E-state index contributed by atoms with van der Waals surface area (Å²) in [5, 5.41) is 10.3. The molecule has 1 heterocycles. The summed E-state index contributed by atoms with van der Waals surface area (Å²) in [4.78, 5) is 3.93. The number of pyridine rings is 1. The van der Waals surface area contributed by atoms with Gasteiger partial charge in [-0.05, 0) is 12.5 Å². The predicted molar refractivity (Wildman–Crippen MR) is 49.5 cm³/mol. The Balaban J connectivity index is 3.01. The van der Waals surface area contributed by atoms with Crippen molar-refractivity contribution >= 4 is 23.2 Å². The van der Waals surface area contributed by atoms with Crippen molar-refractivity contribution < 1.29 is 5.11 Å². The number of nitrogens with zero attached hydrogens (tertiary/aromatic N) is 1. The topological polar surface area (TPSA) is 33.1 Å². The van der Waals surface area contributed by atoms with Crippen LogP contribution in [0.3, 0.4) is 0 Å². The molecule has 1 aromatic rings. The Kier molecular flexibility index (Phi) is 3.32. The molecule has 0 aliphatic heterocycles. The largest absolute Gasteiger partial charge is 0.387 e. The summed E-state index contributed by atoms with van der Waals surface area (Å²) < 4.78 is 0. The highest BCUT2D eigenvalue weighted by molar-refractivity contribution is 6.34. The normalized spacial score (nSPS) is 13.0. The number of rotatable bonds is 2. The van der Waals surface area contributed by atoms with Gasteiger partial charge in [0, 0.05) is 6.20 Å². The molecule has 0 saturated heterocycles. The van der Waals surface area contributed by atoms with Crippen LogP contribution in [0, 0.1) is 0 Å². The molecule has 1 atom stereocenters. The molecule has 0 aliphatic carbocycles. The Labute approximate surface area is 81.1 Å². The van der Waals surface area contributed by atoms with Crippen molar-refractivity contribution in [2.24, 2.45) is 0 Å². The molecule has 0 aliphatic rings. The maximum atomic E-state index is 9.41. The van der Waals surface area contributed by atoms with Gasteiger partial charge in [-0.3, -0.25) is 4.98 Å². The standard InChI is InChI=1S/C8H9Cl2NO/c1-2-7(12)8-6(10)3-5(9)4-11-8/h3-4,7,12H,2H2,1H3/t7-/m1/s1. The molecule has 4 heteroatoms. The van der Waals surface area contributed by atoms with E-state index in [1.807, 2.05) is 6.92 Å². The average molecular weight is 206 g/mol. The van der Waals surface area contributed by atoms with Crippen molar-refractivity contribution in [3.63, 3.8) is 0 Å². The molecular formula is C8H9Cl2NO. The lowest BCUT2D eigenvalue weighted by atomic mass is 10.2. The fraction of sp³-hybridized carbons (Fsp3) is 0.375. The van der Waals surface area contributed by atoms with Crippen molar-refractivity contribution in [1.82, 2.24) is 4.98 Å². The molecule has 0 fully saturated rings. The Bertz CT molecular complexity index is 278. The minimum absolute atomic E-state index is 0.414. The monoisotopic (exact) mass is 205 g/mol. The first-order chi connectivity index (χ1) is 5.65. The van der Waals surface area contributed by atoms with E-state index in [-0.39, 0.29) is 0 Å². The first-order valence-electron chi connectivity index (χ1n) is 3.64. The first kappa shape index (κ1) is 9.78.